The van der Waals surface area contributed by atoms with Gasteiger partial charge in [0, 0.05) is 43.3 Å². The molecule has 0 bridgehead atoms. The van der Waals surface area contributed by atoms with Crippen molar-refractivity contribution in [1.82, 2.24) is 14.9 Å². The highest BCUT2D eigenvalue weighted by Gasteiger charge is 2.26. The average molecular weight is 444 g/mol. The normalized spacial score (nSPS) is 14.9. The van der Waals surface area contributed by atoms with E-state index >= 15 is 4.39 Å². The molecule has 1 fully saturated rings. The summed E-state index contributed by atoms with van der Waals surface area (Å²) < 4.78 is 37.2. The lowest BCUT2D eigenvalue weighted by Crippen LogP contribution is -2.44. The summed E-state index contributed by atoms with van der Waals surface area (Å²) in [5.41, 5.74) is -1.22. The maximum Gasteiger partial charge on any atom is 0.343 e. The second-order valence-electron chi connectivity index (χ2n) is 8.82. The van der Waals surface area contributed by atoms with Gasteiger partial charge in [-0.25, -0.2) is 18.6 Å². The van der Waals surface area contributed by atoms with Crippen molar-refractivity contribution in [3.05, 3.63) is 45.8 Å². The molecule has 3 heterocycles. The number of pyridine rings is 2. The number of nitrogens with one attached hydrogen (secondary N) is 1. The number of hydrogen-bond acceptors (Lipinski definition) is 6. The Labute approximate surface area is 184 Å². The highest BCUT2D eigenvalue weighted by atomic mass is 19.1. The number of piperazine rings is 1. The smallest absolute Gasteiger partial charge is 0.343 e. The molecule has 3 aromatic rings. The fourth-order valence-corrected chi connectivity index (χ4v) is 4.02. The number of benzene rings is 1. The minimum Gasteiger partial charge on any atom is -0.462 e. The monoisotopic (exact) mass is 444 g/mol. The molecule has 1 aliphatic rings. The summed E-state index contributed by atoms with van der Waals surface area (Å²) in [5.74, 6) is -2.22. The molecule has 1 N–H and O–H groups in total. The number of carbonyl (C=O) groups excluding carboxylic acids is 1. The quantitative estimate of drug-likeness (QED) is 0.494. The lowest BCUT2D eigenvalue weighted by molar-refractivity contribution is 0.0524. The molecule has 7 nitrogen and oxygen atoms in total. The van der Waals surface area contributed by atoms with Gasteiger partial charge in [-0.3, -0.25) is 4.79 Å². The number of aromatic nitrogens is 2. The zero-order chi connectivity index (χ0) is 23.2. The zero-order valence-electron chi connectivity index (χ0n) is 18.6. The topological polar surface area (TPSA) is 76.5 Å². The Bertz CT molecular complexity index is 1270. The molecule has 1 saturated heterocycles. The first-order valence-corrected chi connectivity index (χ1v) is 10.6. The van der Waals surface area contributed by atoms with Gasteiger partial charge in [-0.15, -0.1) is 0 Å². The van der Waals surface area contributed by atoms with E-state index in [9.17, 15) is 14.0 Å². The van der Waals surface area contributed by atoms with Crippen LogP contribution in [0.5, 0.6) is 0 Å². The fourth-order valence-electron chi connectivity index (χ4n) is 4.02. The molecule has 0 saturated carbocycles. The van der Waals surface area contributed by atoms with Crippen molar-refractivity contribution in [2.24, 2.45) is 0 Å². The van der Waals surface area contributed by atoms with Crippen LogP contribution in [0.2, 0.25) is 0 Å². The van der Waals surface area contributed by atoms with E-state index in [-0.39, 0.29) is 39.8 Å². The molecule has 2 aromatic heterocycles. The predicted octanol–water partition coefficient (Wildman–Crippen LogP) is 3.17. The standard InChI is InChI=1S/C23H26F2N4O3/c1-5-32-22(31)15-12-29(23(2,3)4)21-14(20(15)30)10-13-11-16(24)19(17(25)18(13)27-21)28-8-6-26-7-9-28/h10-12,26H,5-9H2,1-4H3. The van der Waals surface area contributed by atoms with Gasteiger partial charge in [0.25, 0.3) is 0 Å². The number of hydrogen-bond donors (Lipinski definition) is 1. The second-order valence-corrected chi connectivity index (χ2v) is 8.82. The van der Waals surface area contributed by atoms with E-state index in [4.69, 9.17) is 4.74 Å². The van der Waals surface area contributed by atoms with Gasteiger partial charge in [0.15, 0.2) is 5.82 Å². The van der Waals surface area contributed by atoms with E-state index in [1.54, 1.807) is 16.4 Å². The Hall–Kier alpha value is -3.07. The summed E-state index contributed by atoms with van der Waals surface area (Å²) in [6.45, 7) is 9.61. The molecule has 0 spiro atoms. The third-order valence-corrected chi connectivity index (χ3v) is 5.58. The molecule has 0 aliphatic carbocycles. The average Bonchev–Trinajstić information content (AvgIpc) is 2.73. The maximum absolute atomic E-state index is 15.6. The summed E-state index contributed by atoms with van der Waals surface area (Å²) in [6.07, 6.45) is 1.40. The van der Waals surface area contributed by atoms with Crippen molar-refractivity contribution in [2.75, 3.05) is 37.7 Å². The summed E-state index contributed by atoms with van der Waals surface area (Å²) in [4.78, 5) is 31.6. The van der Waals surface area contributed by atoms with Gasteiger partial charge in [-0.1, -0.05) is 0 Å². The van der Waals surface area contributed by atoms with Crippen LogP contribution in [0.15, 0.2) is 23.1 Å². The Balaban J connectivity index is 2.04. The van der Waals surface area contributed by atoms with E-state index in [0.717, 1.165) is 0 Å². The largest absolute Gasteiger partial charge is 0.462 e. The molecule has 32 heavy (non-hydrogen) atoms. The van der Waals surface area contributed by atoms with Crippen molar-refractivity contribution < 1.29 is 18.3 Å². The Morgan fingerprint density at radius 2 is 1.91 bits per heavy atom. The van der Waals surface area contributed by atoms with Crippen molar-refractivity contribution in [3.63, 3.8) is 0 Å². The molecule has 170 valence electrons. The third kappa shape index (κ3) is 3.70. The first kappa shape index (κ1) is 22.1. The van der Waals surface area contributed by atoms with E-state index in [1.807, 2.05) is 20.8 Å². The van der Waals surface area contributed by atoms with Crippen LogP contribution in [0.25, 0.3) is 21.9 Å². The number of nitrogens with zero attached hydrogens (tertiary/aromatic N) is 3. The van der Waals surface area contributed by atoms with Gasteiger partial charge in [0.2, 0.25) is 5.43 Å². The maximum atomic E-state index is 15.6. The van der Waals surface area contributed by atoms with Crippen molar-refractivity contribution in [1.29, 1.82) is 0 Å². The van der Waals surface area contributed by atoms with E-state index in [0.29, 0.717) is 26.2 Å². The molecule has 0 amide bonds. The van der Waals surface area contributed by atoms with Gasteiger partial charge in [0.05, 0.1) is 12.0 Å². The Kier molecular flexibility index (Phi) is 5.62. The Morgan fingerprint density at radius 3 is 2.53 bits per heavy atom. The molecule has 0 atom stereocenters. The molecule has 4 rings (SSSR count). The molecular weight excluding hydrogens is 418 g/mol. The van der Waals surface area contributed by atoms with Crippen LogP contribution in [0.1, 0.15) is 38.1 Å². The number of rotatable bonds is 3. The van der Waals surface area contributed by atoms with E-state index in [2.05, 4.69) is 10.3 Å². The first-order valence-electron chi connectivity index (χ1n) is 10.6. The molecule has 1 aliphatic heterocycles. The number of anilines is 1. The van der Waals surface area contributed by atoms with Gasteiger partial charge in [0.1, 0.15) is 28.2 Å². The van der Waals surface area contributed by atoms with Crippen LogP contribution in [-0.4, -0.2) is 48.3 Å². The first-order chi connectivity index (χ1) is 15.1. The lowest BCUT2D eigenvalue weighted by Gasteiger charge is -2.30. The fraction of sp³-hybridized carbons (Fsp3) is 0.435. The minimum absolute atomic E-state index is 0.0197. The van der Waals surface area contributed by atoms with Crippen molar-refractivity contribution >= 4 is 33.6 Å². The van der Waals surface area contributed by atoms with Crippen LogP contribution < -0.4 is 15.6 Å². The number of ether oxygens (including phenoxy) is 1. The molecule has 9 heteroatoms. The lowest BCUT2D eigenvalue weighted by atomic mass is 10.0. The Morgan fingerprint density at radius 1 is 1.22 bits per heavy atom. The summed E-state index contributed by atoms with van der Waals surface area (Å²) >= 11 is 0. The van der Waals surface area contributed by atoms with Crippen LogP contribution in [0.3, 0.4) is 0 Å². The van der Waals surface area contributed by atoms with E-state index < -0.39 is 28.6 Å². The number of carbonyl (C=O) groups is 1. The van der Waals surface area contributed by atoms with Crippen LogP contribution in [0, 0.1) is 11.6 Å². The summed E-state index contributed by atoms with van der Waals surface area (Å²) in [6, 6.07) is 2.60. The highest BCUT2D eigenvalue weighted by molar-refractivity contribution is 5.97. The zero-order valence-corrected chi connectivity index (χ0v) is 18.6. The third-order valence-electron chi connectivity index (χ3n) is 5.58. The van der Waals surface area contributed by atoms with Crippen LogP contribution >= 0.6 is 0 Å². The van der Waals surface area contributed by atoms with E-state index in [1.165, 1.54) is 18.3 Å². The molecule has 1 aromatic carbocycles. The number of halogens is 2. The van der Waals surface area contributed by atoms with Crippen LogP contribution in [-0.2, 0) is 10.3 Å². The molecule has 0 radical (unpaired) electrons. The predicted molar refractivity (Wildman–Crippen MR) is 119 cm³/mol. The van der Waals surface area contributed by atoms with Gasteiger partial charge in [-0.2, -0.15) is 0 Å². The number of esters is 1. The second kappa shape index (κ2) is 8.12. The van der Waals surface area contributed by atoms with Crippen molar-refractivity contribution in [2.45, 2.75) is 33.2 Å². The number of fused-ring (bicyclic) bond motifs is 2. The summed E-state index contributed by atoms with van der Waals surface area (Å²) in [5, 5.41) is 3.42. The van der Waals surface area contributed by atoms with Gasteiger partial charge in [-0.05, 0) is 39.8 Å². The SMILES string of the molecule is CCOC(=O)c1cn(C(C)(C)C)c2nc3c(F)c(N4CCNCC4)c(F)cc3cc2c1=O. The van der Waals surface area contributed by atoms with Gasteiger partial charge >= 0.3 is 5.97 Å². The molecule has 0 unspecified atom stereocenters. The summed E-state index contributed by atoms with van der Waals surface area (Å²) in [7, 11) is 0. The van der Waals surface area contributed by atoms with Crippen molar-refractivity contribution in [3.8, 4) is 0 Å². The van der Waals surface area contributed by atoms with Gasteiger partial charge < -0.3 is 19.5 Å². The highest BCUT2D eigenvalue weighted by Crippen LogP contribution is 2.32. The minimum atomic E-state index is -0.758. The van der Waals surface area contributed by atoms with Crippen LogP contribution in [0.4, 0.5) is 14.5 Å². The molecular formula is C23H26F2N4O3.